The van der Waals surface area contributed by atoms with E-state index in [1.165, 1.54) is 16.7 Å². The number of fused-ring (bicyclic) bond motifs is 1. The average Bonchev–Trinajstić information content (AvgIpc) is 2.71. The lowest BCUT2D eigenvalue weighted by Crippen LogP contribution is -1.95. The van der Waals surface area contributed by atoms with Gasteiger partial charge in [0.2, 0.25) is 0 Å². The zero-order valence-electron chi connectivity index (χ0n) is 14.3. The van der Waals surface area contributed by atoms with Crippen LogP contribution in [0.5, 0.6) is 0 Å². The van der Waals surface area contributed by atoms with Crippen molar-refractivity contribution in [1.82, 2.24) is 4.98 Å². The molecule has 3 aromatic carbocycles. The van der Waals surface area contributed by atoms with Crippen LogP contribution >= 0.6 is 11.6 Å². The van der Waals surface area contributed by atoms with E-state index in [-0.39, 0.29) is 0 Å². The molecule has 0 spiro atoms. The zero-order chi connectivity index (χ0) is 17.8. The molecule has 1 nitrogen and oxygen atoms in total. The summed E-state index contributed by atoms with van der Waals surface area (Å²) < 4.78 is 0. The Morgan fingerprint density at radius 3 is 2.31 bits per heavy atom. The van der Waals surface area contributed by atoms with Crippen LogP contribution in [0.1, 0.15) is 16.7 Å². The molecule has 4 rings (SSSR count). The maximum absolute atomic E-state index is 6.57. The van der Waals surface area contributed by atoms with Crippen molar-refractivity contribution in [3.8, 4) is 0 Å². The summed E-state index contributed by atoms with van der Waals surface area (Å²) in [6, 6.07) is 28.9. The van der Waals surface area contributed by atoms with E-state index < -0.39 is 0 Å². The Bertz CT molecular complexity index is 1050. The van der Waals surface area contributed by atoms with Gasteiger partial charge in [0.15, 0.2) is 0 Å². The molecule has 1 aromatic heterocycles. The third kappa shape index (κ3) is 3.54. The van der Waals surface area contributed by atoms with Crippen molar-refractivity contribution in [2.24, 2.45) is 0 Å². The first-order valence-electron chi connectivity index (χ1n) is 8.64. The summed E-state index contributed by atoms with van der Waals surface area (Å²) in [6.07, 6.45) is 4.78. The van der Waals surface area contributed by atoms with Crippen LogP contribution < -0.4 is 0 Å². The first-order valence-corrected chi connectivity index (χ1v) is 9.02. The fraction of sp³-hybridized carbons (Fsp3) is 0.0417. The van der Waals surface area contributed by atoms with Gasteiger partial charge in [-0.25, -0.2) is 0 Å². The first kappa shape index (κ1) is 16.6. The monoisotopic (exact) mass is 355 g/mol. The molecule has 26 heavy (non-hydrogen) atoms. The molecule has 2 heteroatoms. The van der Waals surface area contributed by atoms with Gasteiger partial charge in [0, 0.05) is 28.6 Å². The smallest absolute Gasteiger partial charge is 0.0752 e. The summed E-state index contributed by atoms with van der Waals surface area (Å²) in [7, 11) is 0. The normalized spacial score (nSPS) is 11.7. The molecule has 1 heterocycles. The molecule has 0 fully saturated rings. The molecule has 0 radical (unpaired) electrons. The number of nitrogens with zero attached hydrogens (tertiary/aromatic N) is 1. The van der Waals surface area contributed by atoms with E-state index >= 15 is 0 Å². The third-order valence-corrected chi connectivity index (χ3v) is 4.83. The molecular formula is C24H18ClN. The molecule has 0 N–H and O–H groups in total. The van der Waals surface area contributed by atoms with Crippen LogP contribution in [0.25, 0.3) is 22.6 Å². The fourth-order valence-electron chi connectivity index (χ4n) is 3.18. The molecule has 4 aromatic rings. The molecule has 0 saturated carbocycles. The molecule has 126 valence electrons. The van der Waals surface area contributed by atoms with Crippen LogP contribution in [0, 0.1) is 0 Å². The average molecular weight is 356 g/mol. The number of benzene rings is 3. The Morgan fingerprint density at radius 2 is 1.54 bits per heavy atom. The first-order chi connectivity index (χ1) is 12.8. The molecule has 0 atom stereocenters. The van der Waals surface area contributed by atoms with Gasteiger partial charge >= 0.3 is 0 Å². The maximum atomic E-state index is 6.57. The van der Waals surface area contributed by atoms with Crippen LogP contribution in [0.2, 0.25) is 5.02 Å². The Labute approximate surface area is 158 Å². The van der Waals surface area contributed by atoms with Crippen molar-refractivity contribution in [3.05, 3.63) is 113 Å². The molecule has 0 aliphatic rings. The van der Waals surface area contributed by atoms with Crippen molar-refractivity contribution < 1.29 is 0 Å². The van der Waals surface area contributed by atoms with E-state index in [2.05, 4.69) is 65.7 Å². The summed E-state index contributed by atoms with van der Waals surface area (Å²) in [5, 5.41) is 1.87. The summed E-state index contributed by atoms with van der Waals surface area (Å²) in [5.41, 5.74) is 5.62. The van der Waals surface area contributed by atoms with Gasteiger partial charge in [-0.15, -0.1) is 0 Å². The predicted molar refractivity (Wildman–Crippen MR) is 111 cm³/mol. The number of rotatable bonds is 4. The minimum Gasteiger partial charge on any atom is -0.256 e. The molecule has 0 aliphatic heterocycles. The van der Waals surface area contributed by atoms with Gasteiger partial charge in [0.25, 0.3) is 0 Å². The van der Waals surface area contributed by atoms with E-state index in [0.29, 0.717) is 0 Å². The summed E-state index contributed by atoms with van der Waals surface area (Å²) in [4.78, 5) is 4.58. The zero-order valence-corrected chi connectivity index (χ0v) is 15.0. The van der Waals surface area contributed by atoms with Gasteiger partial charge in [0.1, 0.15) is 0 Å². The Hall–Kier alpha value is -2.90. The minimum absolute atomic E-state index is 0.728. The second kappa shape index (κ2) is 7.55. The van der Waals surface area contributed by atoms with E-state index in [9.17, 15) is 0 Å². The summed E-state index contributed by atoms with van der Waals surface area (Å²) in [6.45, 7) is 0. The van der Waals surface area contributed by atoms with Crippen molar-refractivity contribution in [2.75, 3.05) is 0 Å². The summed E-state index contributed by atoms with van der Waals surface area (Å²) in [5.74, 6) is 0. The van der Waals surface area contributed by atoms with Crippen LogP contribution in [0.3, 0.4) is 0 Å². The second-order valence-corrected chi connectivity index (χ2v) is 6.63. The lowest BCUT2D eigenvalue weighted by atomic mass is 9.94. The number of allylic oxidation sites excluding steroid dienone is 1. The Morgan fingerprint density at radius 1 is 0.808 bits per heavy atom. The van der Waals surface area contributed by atoms with E-state index in [1.54, 1.807) is 0 Å². The Kier molecular flexibility index (Phi) is 4.81. The van der Waals surface area contributed by atoms with Crippen molar-refractivity contribution in [1.29, 1.82) is 0 Å². The highest BCUT2D eigenvalue weighted by atomic mass is 35.5. The van der Waals surface area contributed by atoms with Crippen molar-refractivity contribution in [3.63, 3.8) is 0 Å². The van der Waals surface area contributed by atoms with Crippen molar-refractivity contribution in [2.45, 2.75) is 6.42 Å². The number of hydrogen-bond acceptors (Lipinski definition) is 1. The quantitative estimate of drug-likeness (QED) is 0.372. The third-order valence-electron chi connectivity index (χ3n) is 4.47. The maximum Gasteiger partial charge on any atom is 0.0752 e. The highest BCUT2D eigenvalue weighted by Gasteiger charge is 2.11. The lowest BCUT2D eigenvalue weighted by Gasteiger charge is -2.12. The molecule has 0 amide bonds. The van der Waals surface area contributed by atoms with Crippen LogP contribution in [0.15, 0.2) is 91.1 Å². The van der Waals surface area contributed by atoms with Gasteiger partial charge < -0.3 is 0 Å². The molecular weight excluding hydrogens is 338 g/mol. The van der Waals surface area contributed by atoms with E-state index in [1.807, 2.05) is 36.5 Å². The number of hydrogen-bond donors (Lipinski definition) is 0. The van der Waals surface area contributed by atoms with Gasteiger partial charge in [-0.05, 0) is 28.8 Å². The Balaban J connectivity index is 1.84. The van der Waals surface area contributed by atoms with Crippen LogP contribution in [-0.2, 0) is 6.42 Å². The standard InChI is InChI=1S/C24H18ClN/c25-23-14-13-20-12-7-15-26-24(20)22(23)17-21(19-10-5-2-6-11-19)16-18-8-3-1-4-9-18/h1-16H,17H2/b21-16-. The lowest BCUT2D eigenvalue weighted by molar-refractivity contribution is 1.27. The van der Waals surface area contributed by atoms with E-state index in [0.717, 1.165) is 27.9 Å². The predicted octanol–water partition coefficient (Wildman–Crippen LogP) is 6.67. The topological polar surface area (TPSA) is 12.9 Å². The van der Waals surface area contributed by atoms with Gasteiger partial charge in [-0.1, -0.05) is 90.5 Å². The number of pyridine rings is 1. The molecule has 0 aliphatic carbocycles. The summed E-state index contributed by atoms with van der Waals surface area (Å²) >= 11 is 6.57. The molecule has 0 unspecified atom stereocenters. The minimum atomic E-state index is 0.728. The van der Waals surface area contributed by atoms with Crippen molar-refractivity contribution >= 4 is 34.2 Å². The molecule has 0 bridgehead atoms. The second-order valence-electron chi connectivity index (χ2n) is 6.22. The number of halogens is 1. The molecule has 0 saturated heterocycles. The van der Waals surface area contributed by atoms with Gasteiger partial charge in [-0.2, -0.15) is 0 Å². The van der Waals surface area contributed by atoms with Crippen LogP contribution in [0.4, 0.5) is 0 Å². The van der Waals surface area contributed by atoms with Gasteiger partial charge in [0.05, 0.1) is 5.52 Å². The number of aromatic nitrogens is 1. The highest BCUT2D eigenvalue weighted by Crippen LogP contribution is 2.31. The van der Waals surface area contributed by atoms with E-state index in [4.69, 9.17) is 11.6 Å². The van der Waals surface area contributed by atoms with Gasteiger partial charge in [-0.3, -0.25) is 4.98 Å². The van der Waals surface area contributed by atoms with Crippen LogP contribution in [-0.4, -0.2) is 4.98 Å². The SMILES string of the molecule is Clc1ccc2cccnc2c1C/C(=C/c1ccccc1)c1ccccc1. The largest absolute Gasteiger partial charge is 0.256 e. The fourth-order valence-corrected chi connectivity index (χ4v) is 3.40. The highest BCUT2D eigenvalue weighted by molar-refractivity contribution is 6.32.